The van der Waals surface area contributed by atoms with Gasteiger partial charge >= 0.3 is 6.61 Å². The molecule has 0 atom stereocenters. The molecular formula is C13H13F2N3O. The number of alkyl halides is 2. The van der Waals surface area contributed by atoms with Crippen LogP contribution in [0, 0.1) is 0 Å². The SMILES string of the molecule is FC(F)Oc1ccccc1CNCc1cnccn1. The lowest BCUT2D eigenvalue weighted by molar-refractivity contribution is -0.0505. The van der Waals surface area contributed by atoms with Gasteiger partial charge in [-0.15, -0.1) is 0 Å². The van der Waals surface area contributed by atoms with E-state index >= 15 is 0 Å². The van der Waals surface area contributed by atoms with Crippen molar-refractivity contribution in [3.63, 3.8) is 0 Å². The van der Waals surface area contributed by atoms with Crippen molar-refractivity contribution in [2.45, 2.75) is 19.7 Å². The fourth-order valence-electron chi connectivity index (χ4n) is 1.61. The van der Waals surface area contributed by atoms with E-state index in [1.165, 1.54) is 6.07 Å². The quantitative estimate of drug-likeness (QED) is 0.871. The molecule has 4 nitrogen and oxygen atoms in total. The topological polar surface area (TPSA) is 47.0 Å². The van der Waals surface area contributed by atoms with Crippen molar-refractivity contribution >= 4 is 0 Å². The average Bonchev–Trinajstić information content (AvgIpc) is 2.41. The van der Waals surface area contributed by atoms with E-state index in [0.717, 1.165) is 5.69 Å². The van der Waals surface area contributed by atoms with Crippen LogP contribution in [0.5, 0.6) is 5.75 Å². The third-order valence-electron chi connectivity index (χ3n) is 2.43. The fourth-order valence-corrected chi connectivity index (χ4v) is 1.61. The maximum atomic E-state index is 12.2. The van der Waals surface area contributed by atoms with Crippen molar-refractivity contribution in [2.24, 2.45) is 0 Å². The fraction of sp³-hybridized carbons (Fsp3) is 0.231. The minimum atomic E-state index is -2.82. The second kappa shape index (κ2) is 6.75. The lowest BCUT2D eigenvalue weighted by Crippen LogP contribution is -2.15. The summed E-state index contributed by atoms with van der Waals surface area (Å²) in [5.74, 6) is 0.184. The summed E-state index contributed by atoms with van der Waals surface area (Å²) < 4.78 is 28.9. The van der Waals surface area contributed by atoms with Crippen molar-refractivity contribution in [3.8, 4) is 5.75 Å². The van der Waals surface area contributed by atoms with Crippen molar-refractivity contribution in [2.75, 3.05) is 0 Å². The molecule has 1 aromatic heterocycles. The van der Waals surface area contributed by atoms with Crippen molar-refractivity contribution in [1.29, 1.82) is 0 Å². The average molecular weight is 265 g/mol. The van der Waals surface area contributed by atoms with E-state index in [0.29, 0.717) is 18.7 Å². The van der Waals surface area contributed by atoms with Crippen LogP contribution in [-0.4, -0.2) is 16.6 Å². The molecule has 0 amide bonds. The predicted octanol–water partition coefficient (Wildman–Crippen LogP) is 2.37. The molecule has 0 unspecified atom stereocenters. The van der Waals surface area contributed by atoms with E-state index in [9.17, 15) is 8.78 Å². The number of para-hydroxylation sites is 1. The number of rotatable bonds is 6. The lowest BCUT2D eigenvalue weighted by Gasteiger charge is -2.11. The van der Waals surface area contributed by atoms with E-state index < -0.39 is 6.61 Å². The minimum Gasteiger partial charge on any atom is -0.434 e. The summed E-state index contributed by atoms with van der Waals surface area (Å²) in [6.07, 6.45) is 4.84. The van der Waals surface area contributed by atoms with Gasteiger partial charge in [0.25, 0.3) is 0 Å². The highest BCUT2D eigenvalue weighted by molar-refractivity contribution is 5.33. The van der Waals surface area contributed by atoms with Crippen LogP contribution in [0.15, 0.2) is 42.9 Å². The molecule has 2 aromatic rings. The molecule has 0 aliphatic heterocycles. The smallest absolute Gasteiger partial charge is 0.387 e. The molecule has 19 heavy (non-hydrogen) atoms. The highest BCUT2D eigenvalue weighted by Crippen LogP contribution is 2.19. The van der Waals surface area contributed by atoms with Crippen LogP contribution >= 0.6 is 0 Å². The first-order valence-corrected chi connectivity index (χ1v) is 5.74. The van der Waals surface area contributed by atoms with Gasteiger partial charge in [0.15, 0.2) is 0 Å². The Labute approximate surface area is 109 Å². The van der Waals surface area contributed by atoms with Gasteiger partial charge in [0, 0.05) is 37.2 Å². The van der Waals surface area contributed by atoms with Gasteiger partial charge < -0.3 is 10.1 Å². The van der Waals surface area contributed by atoms with E-state index in [1.807, 2.05) is 0 Å². The number of hydrogen-bond donors (Lipinski definition) is 1. The van der Waals surface area contributed by atoms with Crippen LogP contribution in [0.1, 0.15) is 11.3 Å². The Hall–Kier alpha value is -2.08. The molecule has 0 spiro atoms. The molecule has 2 rings (SSSR count). The Morgan fingerprint density at radius 2 is 2.00 bits per heavy atom. The molecule has 0 fully saturated rings. The molecule has 0 saturated carbocycles. The second-order valence-electron chi connectivity index (χ2n) is 3.79. The van der Waals surface area contributed by atoms with Gasteiger partial charge in [0.2, 0.25) is 0 Å². The van der Waals surface area contributed by atoms with E-state index in [-0.39, 0.29) is 5.75 Å². The van der Waals surface area contributed by atoms with Gasteiger partial charge in [-0.25, -0.2) is 0 Å². The molecule has 100 valence electrons. The Bertz CT molecular complexity index is 508. The molecule has 1 N–H and O–H groups in total. The Kier molecular flexibility index (Phi) is 4.74. The van der Waals surface area contributed by atoms with E-state index in [2.05, 4.69) is 20.0 Å². The van der Waals surface area contributed by atoms with Crippen molar-refractivity contribution in [1.82, 2.24) is 15.3 Å². The Morgan fingerprint density at radius 3 is 2.74 bits per heavy atom. The van der Waals surface area contributed by atoms with Gasteiger partial charge in [0.1, 0.15) is 5.75 Å². The molecule has 0 aliphatic carbocycles. The van der Waals surface area contributed by atoms with E-state index in [4.69, 9.17) is 0 Å². The zero-order chi connectivity index (χ0) is 13.5. The summed E-state index contributed by atoms with van der Waals surface area (Å²) >= 11 is 0. The molecule has 0 radical (unpaired) electrons. The largest absolute Gasteiger partial charge is 0.434 e. The molecule has 1 aromatic carbocycles. The zero-order valence-corrected chi connectivity index (χ0v) is 10.1. The van der Waals surface area contributed by atoms with Gasteiger partial charge in [0.05, 0.1) is 5.69 Å². The number of aromatic nitrogens is 2. The summed E-state index contributed by atoms with van der Waals surface area (Å²) in [7, 11) is 0. The minimum absolute atomic E-state index is 0.184. The summed E-state index contributed by atoms with van der Waals surface area (Å²) in [6, 6.07) is 6.69. The van der Waals surface area contributed by atoms with Crippen molar-refractivity contribution in [3.05, 3.63) is 54.1 Å². The normalized spacial score (nSPS) is 10.7. The first-order chi connectivity index (χ1) is 9.25. The van der Waals surface area contributed by atoms with Crippen LogP contribution in [0.25, 0.3) is 0 Å². The summed E-state index contributed by atoms with van der Waals surface area (Å²) in [4.78, 5) is 8.05. The summed E-state index contributed by atoms with van der Waals surface area (Å²) in [5, 5.41) is 3.10. The maximum absolute atomic E-state index is 12.2. The van der Waals surface area contributed by atoms with Gasteiger partial charge in [-0.1, -0.05) is 18.2 Å². The van der Waals surface area contributed by atoms with Crippen molar-refractivity contribution < 1.29 is 13.5 Å². The van der Waals surface area contributed by atoms with Crippen LogP contribution in [0.3, 0.4) is 0 Å². The number of nitrogens with zero attached hydrogens (tertiary/aromatic N) is 2. The highest BCUT2D eigenvalue weighted by Gasteiger charge is 2.08. The maximum Gasteiger partial charge on any atom is 0.387 e. The summed E-state index contributed by atoms with van der Waals surface area (Å²) in [6.45, 7) is -1.89. The highest BCUT2D eigenvalue weighted by atomic mass is 19.3. The Morgan fingerprint density at radius 1 is 1.16 bits per heavy atom. The molecular weight excluding hydrogens is 252 g/mol. The number of ether oxygens (including phenoxy) is 1. The molecule has 0 aliphatic rings. The van der Waals surface area contributed by atoms with Gasteiger partial charge in [-0.05, 0) is 6.07 Å². The lowest BCUT2D eigenvalue weighted by atomic mass is 10.2. The molecule has 0 bridgehead atoms. The number of hydrogen-bond acceptors (Lipinski definition) is 4. The number of benzene rings is 1. The predicted molar refractivity (Wildman–Crippen MR) is 65.6 cm³/mol. The molecule has 1 heterocycles. The first-order valence-electron chi connectivity index (χ1n) is 5.74. The number of nitrogens with one attached hydrogen (secondary N) is 1. The first kappa shape index (κ1) is 13.4. The number of halogens is 2. The molecule has 0 saturated heterocycles. The monoisotopic (exact) mass is 265 g/mol. The summed E-state index contributed by atoms with van der Waals surface area (Å²) in [5.41, 5.74) is 1.46. The van der Waals surface area contributed by atoms with Gasteiger partial charge in [-0.3, -0.25) is 9.97 Å². The molecule has 6 heteroatoms. The third-order valence-corrected chi connectivity index (χ3v) is 2.43. The van der Waals surface area contributed by atoms with Crippen LogP contribution in [0.2, 0.25) is 0 Å². The van der Waals surface area contributed by atoms with Crippen LogP contribution < -0.4 is 10.1 Å². The van der Waals surface area contributed by atoms with Crippen LogP contribution in [0.4, 0.5) is 8.78 Å². The third kappa shape index (κ3) is 4.26. The van der Waals surface area contributed by atoms with Gasteiger partial charge in [-0.2, -0.15) is 8.78 Å². The second-order valence-corrected chi connectivity index (χ2v) is 3.79. The Balaban J connectivity index is 1.92. The van der Waals surface area contributed by atoms with Crippen LogP contribution in [-0.2, 0) is 13.1 Å². The zero-order valence-electron chi connectivity index (χ0n) is 10.1. The van der Waals surface area contributed by atoms with E-state index in [1.54, 1.807) is 36.8 Å². The standard InChI is InChI=1S/C13H13F2N3O/c14-13(15)19-12-4-2-1-3-10(12)7-17-9-11-8-16-5-6-18-11/h1-6,8,13,17H,7,9H2.